The maximum absolute atomic E-state index is 13.7. The standard InChI is InChI=1S/C21H25FN2O/c1-11-4-5-15(22)6-12(11)10-23-20(2,3)19(25)24(23)18-16-8-13-7-14-9-17(18)21(13,14)16/h4-6,13-14,16-18H,7-10H2,1-3H3. The highest BCUT2D eigenvalue weighted by atomic mass is 19.1. The molecule has 5 fully saturated rings. The molecule has 4 heteroatoms. The van der Waals surface area contributed by atoms with Gasteiger partial charge in [0.25, 0.3) is 5.91 Å². The Morgan fingerprint density at radius 3 is 2.48 bits per heavy atom. The number of carbonyl (C=O) groups excluding carboxylic acids is 1. The van der Waals surface area contributed by atoms with Crippen LogP contribution in [0, 0.1) is 41.8 Å². The molecule has 1 spiro atoms. The lowest BCUT2D eigenvalue weighted by Gasteiger charge is -2.90. The van der Waals surface area contributed by atoms with Gasteiger partial charge in [0.1, 0.15) is 11.4 Å². The molecular formula is C21H25FN2O. The van der Waals surface area contributed by atoms with Gasteiger partial charge in [0, 0.05) is 6.54 Å². The van der Waals surface area contributed by atoms with Crippen LogP contribution >= 0.6 is 0 Å². The third-order valence-corrected chi connectivity index (χ3v) is 8.72. The van der Waals surface area contributed by atoms with E-state index in [4.69, 9.17) is 0 Å². The molecule has 1 aromatic rings. The lowest BCUT2D eigenvalue weighted by Crippen LogP contribution is -2.92. The van der Waals surface area contributed by atoms with Gasteiger partial charge in [-0.3, -0.25) is 9.80 Å². The summed E-state index contributed by atoms with van der Waals surface area (Å²) in [5.41, 5.74) is 2.26. The molecule has 1 saturated heterocycles. The summed E-state index contributed by atoms with van der Waals surface area (Å²) in [6.07, 6.45) is 4.11. The Labute approximate surface area is 148 Å². The number of halogens is 1. The second kappa shape index (κ2) is 4.11. The van der Waals surface area contributed by atoms with Gasteiger partial charge in [-0.05, 0) is 92.4 Å². The predicted octanol–water partition coefficient (Wildman–Crippen LogP) is 3.52. The molecule has 1 heterocycles. The van der Waals surface area contributed by atoms with E-state index < -0.39 is 5.54 Å². The summed E-state index contributed by atoms with van der Waals surface area (Å²) < 4.78 is 13.7. The van der Waals surface area contributed by atoms with Crippen LogP contribution in [0.4, 0.5) is 4.39 Å². The van der Waals surface area contributed by atoms with E-state index in [2.05, 4.69) is 10.0 Å². The predicted molar refractivity (Wildman–Crippen MR) is 91.6 cm³/mol. The molecule has 3 nitrogen and oxygen atoms in total. The quantitative estimate of drug-likeness (QED) is 0.841. The maximum Gasteiger partial charge on any atom is 0.258 e. The summed E-state index contributed by atoms with van der Waals surface area (Å²) in [5, 5.41) is 4.30. The van der Waals surface area contributed by atoms with Gasteiger partial charge in [0.2, 0.25) is 0 Å². The normalized spacial score (nSPS) is 45.2. The van der Waals surface area contributed by atoms with Crippen LogP contribution in [0.15, 0.2) is 18.2 Å². The largest absolute Gasteiger partial charge is 0.271 e. The van der Waals surface area contributed by atoms with Crippen molar-refractivity contribution in [3.05, 3.63) is 35.1 Å². The number of hydrazine groups is 1. The summed E-state index contributed by atoms with van der Waals surface area (Å²) in [5.74, 6) is 3.49. The van der Waals surface area contributed by atoms with Crippen molar-refractivity contribution in [2.75, 3.05) is 0 Å². The molecule has 1 amide bonds. The molecule has 0 radical (unpaired) electrons. The Balaban J connectivity index is 1.29. The van der Waals surface area contributed by atoms with Crippen LogP contribution in [-0.4, -0.2) is 27.5 Å². The molecule has 0 aromatic heterocycles. The number of hydrogen-bond donors (Lipinski definition) is 0. The summed E-state index contributed by atoms with van der Waals surface area (Å²) in [7, 11) is 0. The third kappa shape index (κ3) is 1.37. The van der Waals surface area contributed by atoms with Crippen molar-refractivity contribution in [2.45, 2.75) is 58.2 Å². The minimum atomic E-state index is -0.479. The Bertz CT molecular complexity index is 796. The third-order valence-electron chi connectivity index (χ3n) is 8.72. The van der Waals surface area contributed by atoms with Gasteiger partial charge in [-0.15, -0.1) is 0 Å². The van der Waals surface area contributed by atoms with E-state index in [1.54, 1.807) is 6.07 Å². The van der Waals surface area contributed by atoms with Crippen molar-refractivity contribution in [3.63, 3.8) is 0 Å². The highest BCUT2D eigenvalue weighted by molar-refractivity contribution is 5.90. The number of aryl methyl sites for hydroxylation is 1. The molecule has 5 aliphatic rings. The van der Waals surface area contributed by atoms with Gasteiger partial charge >= 0.3 is 0 Å². The van der Waals surface area contributed by atoms with Crippen LogP contribution in [0.2, 0.25) is 0 Å². The lowest BCUT2D eigenvalue weighted by atomic mass is 9.17. The Hall–Kier alpha value is -1.42. The van der Waals surface area contributed by atoms with Crippen molar-refractivity contribution in [1.82, 2.24) is 10.0 Å². The number of nitrogens with zero attached hydrogens (tertiary/aromatic N) is 2. The highest BCUT2D eigenvalue weighted by Gasteiger charge is 2.86. The number of hydrogen-bond acceptors (Lipinski definition) is 2. The highest BCUT2D eigenvalue weighted by Crippen LogP contribution is 2.88. The maximum atomic E-state index is 13.7. The van der Waals surface area contributed by atoms with Crippen LogP contribution < -0.4 is 0 Å². The van der Waals surface area contributed by atoms with E-state index in [-0.39, 0.29) is 11.7 Å². The lowest BCUT2D eigenvalue weighted by molar-refractivity contribution is -0.426. The second-order valence-corrected chi connectivity index (χ2v) is 9.64. The van der Waals surface area contributed by atoms with E-state index in [9.17, 15) is 9.18 Å². The Morgan fingerprint density at radius 2 is 1.84 bits per heavy atom. The van der Waals surface area contributed by atoms with Crippen molar-refractivity contribution in [1.29, 1.82) is 0 Å². The fourth-order valence-corrected chi connectivity index (χ4v) is 7.35. The zero-order valence-electron chi connectivity index (χ0n) is 15.1. The van der Waals surface area contributed by atoms with E-state index in [0.717, 1.165) is 34.8 Å². The van der Waals surface area contributed by atoms with Crippen molar-refractivity contribution < 1.29 is 9.18 Å². The number of rotatable bonds is 3. The van der Waals surface area contributed by atoms with E-state index in [1.165, 1.54) is 25.3 Å². The molecule has 4 atom stereocenters. The summed E-state index contributed by atoms with van der Waals surface area (Å²) in [6.45, 7) is 6.66. The Morgan fingerprint density at radius 1 is 1.16 bits per heavy atom. The molecular weight excluding hydrogens is 315 g/mol. The van der Waals surface area contributed by atoms with Gasteiger partial charge in [0.15, 0.2) is 0 Å². The molecule has 0 bridgehead atoms. The van der Waals surface area contributed by atoms with E-state index in [0.29, 0.717) is 18.0 Å². The first kappa shape index (κ1) is 14.7. The fraction of sp³-hybridized carbons (Fsp3) is 0.667. The van der Waals surface area contributed by atoms with Gasteiger partial charge < -0.3 is 0 Å². The first-order valence-electron chi connectivity index (χ1n) is 9.73. The summed E-state index contributed by atoms with van der Waals surface area (Å²) in [6, 6.07) is 5.39. The van der Waals surface area contributed by atoms with Crippen LogP contribution in [0.3, 0.4) is 0 Å². The topological polar surface area (TPSA) is 23.6 Å². The zero-order valence-corrected chi connectivity index (χ0v) is 15.1. The minimum Gasteiger partial charge on any atom is -0.271 e. The average molecular weight is 340 g/mol. The molecule has 132 valence electrons. The number of benzene rings is 1. The summed E-state index contributed by atoms with van der Waals surface area (Å²) in [4.78, 5) is 12.9. The molecule has 4 aliphatic carbocycles. The number of amides is 1. The minimum absolute atomic E-state index is 0.197. The molecule has 6 rings (SSSR count). The monoisotopic (exact) mass is 340 g/mol. The molecule has 1 aliphatic heterocycles. The molecule has 4 saturated carbocycles. The Kier molecular flexibility index (Phi) is 2.42. The van der Waals surface area contributed by atoms with Crippen LogP contribution in [-0.2, 0) is 11.3 Å². The van der Waals surface area contributed by atoms with Gasteiger partial charge in [-0.1, -0.05) is 6.07 Å². The van der Waals surface area contributed by atoms with E-state index in [1.807, 2.05) is 26.8 Å². The molecule has 4 unspecified atom stereocenters. The van der Waals surface area contributed by atoms with Crippen LogP contribution in [0.25, 0.3) is 0 Å². The average Bonchev–Trinajstić information content (AvgIpc) is 2.50. The zero-order chi connectivity index (χ0) is 17.3. The van der Waals surface area contributed by atoms with Crippen molar-refractivity contribution >= 4 is 5.91 Å². The molecule has 1 aromatic carbocycles. The molecule has 25 heavy (non-hydrogen) atoms. The number of carbonyl (C=O) groups is 1. The van der Waals surface area contributed by atoms with Crippen LogP contribution in [0.5, 0.6) is 0 Å². The van der Waals surface area contributed by atoms with Crippen molar-refractivity contribution in [3.8, 4) is 0 Å². The van der Waals surface area contributed by atoms with Crippen LogP contribution in [0.1, 0.15) is 44.2 Å². The van der Waals surface area contributed by atoms with Gasteiger partial charge in [-0.25, -0.2) is 4.39 Å². The smallest absolute Gasteiger partial charge is 0.258 e. The fourth-order valence-electron chi connectivity index (χ4n) is 7.35. The SMILES string of the molecule is Cc1ccc(F)cc1CN1N(C2C3CC4CC5CC2C453)C(=O)C1(C)C. The second-order valence-electron chi connectivity index (χ2n) is 9.64. The summed E-state index contributed by atoms with van der Waals surface area (Å²) >= 11 is 0. The first-order valence-corrected chi connectivity index (χ1v) is 9.73. The van der Waals surface area contributed by atoms with Gasteiger partial charge in [0.05, 0.1) is 6.04 Å². The van der Waals surface area contributed by atoms with Gasteiger partial charge in [-0.2, -0.15) is 5.01 Å². The first-order chi connectivity index (χ1) is 11.9. The van der Waals surface area contributed by atoms with E-state index >= 15 is 0 Å². The molecule has 0 N–H and O–H groups in total. The van der Waals surface area contributed by atoms with Crippen molar-refractivity contribution in [2.24, 2.45) is 29.1 Å².